The number of nitrogens with one attached hydrogen (secondary N) is 1. The highest BCUT2D eigenvalue weighted by Crippen LogP contribution is 2.24. The van der Waals surface area contributed by atoms with E-state index >= 15 is 0 Å². The molecule has 0 amide bonds. The Morgan fingerprint density at radius 2 is 2.26 bits per heavy atom. The van der Waals surface area contributed by atoms with Gasteiger partial charge in [0.05, 0.1) is 6.20 Å². The van der Waals surface area contributed by atoms with Crippen molar-refractivity contribution in [3.8, 4) is 5.75 Å². The molecule has 1 atom stereocenters. The van der Waals surface area contributed by atoms with Crippen molar-refractivity contribution in [2.45, 2.75) is 32.9 Å². The van der Waals surface area contributed by atoms with Gasteiger partial charge in [-0.05, 0) is 32.9 Å². The van der Waals surface area contributed by atoms with E-state index in [0.29, 0.717) is 5.75 Å². The van der Waals surface area contributed by atoms with Crippen molar-refractivity contribution in [3.05, 3.63) is 41.7 Å². The summed E-state index contributed by atoms with van der Waals surface area (Å²) in [6, 6.07) is 5.81. The number of hydrogen-bond acceptors (Lipinski definition) is 4. The molecular weight excluding hydrogens is 240 g/mol. The molecule has 0 aliphatic heterocycles. The molecule has 1 aromatic carbocycles. The van der Waals surface area contributed by atoms with Crippen LogP contribution in [-0.2, 0) is 6.54 Å². The van der Waals surface area contributed by atoms with Crippen molar-refractivity contribution in [2.75, 3.05) is 6.54 Å². The van der Waals surface area contributed by atoms with Gasteiger partial charge < -0.3 is 10.4 Å². The number of aromatic nitrogens is 3. The van der Waals surface area contributed by atoms with Crippen LogP contribution in [0.2, 0.25) is 0 Å². The first-order chi connectivity index (χ1) is 9.16. The van der Waals surface area contributed by atoms with Crippen LogP contribution < -0.4 is 5.32 Å². The number of rotatable bonds is 6. The normalized spacial score (nSPS) is 12.5. The second-order valence-electron chi connectivity index (χ2n) is 4.76. The molecule has 2 N–H and O–H groups in total. The summed E-state index contributed by atoms with van der Waals surface area (Å²) in [4.78, 5) is 0. The van der Waals surface area contributed by atoms with Crippen LogP contribution in [-0.4, -0.2) is 26.6 Å². The van der Waals surface area contributed by atoms with Gasteiger partial charge in [-0.1, -0.05) is 22.9 Å². The van der Waals surface area contributed by atoms with E-state index in [4.69, 9.17) is 0 Å². The van der Waals surface area contributed by atoms with Gasteiger partial charge in [0.1, 0.15) is 5.75 Å². The molecule has 2 aromatic rings. The Balaban J connectivity index is 1.80. The van der Waals surface area contributed by atoms with Crippen molar-refractivity contribution < 1.29 is 5.11 Å². The fraction of sp³-hybridized carbons (Fsp3) is 0.429. The number of aromatic hydroxyl groups is 1. The molecule has 0 saturated carbocycles. The molecule has 102 valence electrons. The summed E-state index contributed by atoms with van der Waals surface area (Å²) < 4.78 is 1.82. The van der Waals surface area contributed by atoms with Gasteiger partial charge in [-0.2, -0.15) is 0 Å². The monoisotopic (exact) mass is 260 g/mol. The van der Waals surface area contributed by atoms with Gasteiger partial charge in [0, 0.05) is 24.3 Å². The van der Waals surface area contributed by atoms with Crippen molar-refractivity contribution in [2.24, 2.45) is 0 Å². The highest BCUT2D eigenvalue weighted by Gasteiger charge is 2.09. The third-order valence-electron chi connectivity index (χ3n) is 3.14. The largest absolute Gasteiger partial charge is 0.508 e. The Bertz CT molecular complexity index is 510. The summed E-state index contributed by atoms with van der Waals surface area (Å²) in [5, 5.41) is 20.9. The topological polar surface area (TPSA) is 63.0 Å². The minimum atomic E-state index is 0.135. The van der Waals surface area contributed by atoms with Crippen LogP contribution in [0.5, 0.6) is 5.75 Å². The highest BCUT2D eigenvalue weighted by molar-refractivity contribution is 5.37. The standard InChI is InChI=1S/C14H20N4O/c1-11-4-5-14(19)13(10-11)12(2)15-6-3-8-18-9-7-16-17-18/h4-5,7,9-10,12,15,19H,3,6,8H2,1-2H3. The Labute approximate surface area is 113 Å². The molecule has 0 spiro atoms. The molecule has 5 nitrogen and oxygen atoms in total. The number of benzene rings is 1. The minimum Gasteiger partial charge on any atom is -0.508 e. The lowest BCUT2D eigenvalue weighted by molar-refractivity contribution is 0.446. The van der Waals surface area contributed by atoms with Gasteiger partial charge in [-0.15, -0.1) is 5.10 Å². The zero-order valence-corrected chi connectivity index (χ0v) is 11.4. The Morgan fingerprint density at radius 3 is 3.00 bits per heavy atom. The average molecular weight is 260 g/mol. The lowest BCUT2D eigenvalue weighted by Gasteiger charge is -2.16. The smallest absolute Gasteiger partial charge is 0.120 e. The first-order valence-corrected chi connectivity index (χ1v) is 6.54. The third kappa shape index (κ3) is 3.79. The molecule has 19 heavy (non-hydrogen) atoms. The van der Waals surface area contributed by atoms with Gasteiger partial charge in [0.25, 0.3) is 0 Å². The molecule has 1 aromatic heterocycles. The van der Waals surface area contributed by atoms with Crippen LogP contribution in [0.4, 0.5) is 0 Å². The first kappa shape index (κ1) is 13.5. The van der Waals surface area contributed by atoms with Gasteiger partial charge in [-0.3, -0.25) is 4.68 Å². The summed E-state index contributed by atoms with van der Waals surface area (Å²) in [7, 11) is 0. The summed E-state index contributed by atoms with van der Waals surface area (Å²) >= 11 is 0. The Morgan fingerprint density at radius 1 is 1.42 bits per heavy atom. The van der Waals surface area contributed by atoms with Crippen LogP contribution in [0, 0.1) is 6.92 Å². The van der Waals surface area contributed by atoms with Gasteiger partial charge in [0.15, 0.2) is 0 Å². The highest BCUT2D eigenvalue weighted by atomic mass is 16.3. The van der Waals surface area contributed by atoms with Gasteiger partial charge in [-0.25, -0.2) is 0 Å². The van der Waals surface area contributed by atoms with E-state index in [2.05, 4.69) is 22.6 Å². The third-order valence-corrected chi connectivity index (χ3v) is 3.14. The molecule has 0 saturated heterocycles. The van der Waals surface area contributed by atoms with Gasteiger partial charge in [0.2, 0.25) is 0 Å². The maximum Gasteiger partial charge on any atom is 0.120 e. The van der Waals surface area contributed by atoms with Crippen LogP contribution in [0.25, 0.3) is 0 Å². The summed E-state index contributed by atoms with van der Waals surface area (Å²) in [5.74, 6) is 0.349. The maximum atomic E-state index is 9.85. The lowest BCUT2D eigenvalue weighted by Crippen LogP contribution is -2.21. The van der Waals surface area contributed by atoms with Crippen LogP contribution in [0.15, 0.2) is 30.6 Å². The second kappa shape index (κ2) is 6.33. The number of aryl methyl sites for hydroxylation is 2. The van der Waals surface area contributed by atoms with E-state index in [1.807, 2.05) is 29.9 Å². The van der Waals surface area contributed by atoms with Crippen LogP contribution in [0.1, 0.15) is 30.5 Å². The molecule has 0 bridgehead atoms. The Kier molecular flexibility index (Phi) is 4.52. The van der Waals surface area contributed by atoms with Gasteiger partial charge >= 0.3 is 0 Å². The number of hydrogen-bond donors (Lipinski definition) is 2. The first-order valence-electron chi connectivity index (χ1n) is 6.54. The zero-order chi connectivity index (χ0) is 13.7. The molecule has 1 heterocycles. The SMILES string of the molecule is Cc1ccc(O)c(C(C)NCCCn2ccnn2)c1. The molecule has 0 radical (unpaired) electrons. The van der Waals surface area contributed by atoms with E-state index < -0.39 is 0 Å². The average Bonchev–Trinajstić information content (AvgIpc) is 2.90. The maximum absolute atomic E-state index is 9.85. The molecule has 2 rings (SSSR count). The zero-order valence-electron chi connectivity index (χ0n) is 11.4. The van der Waals surface area contributed by atoms with E-state index in [1.54, 1.807) is 12.3 Å². The fourth-order valence-corrected chi connectivity index (χ4v) is 2.04. The van der Waals surface area contributed by atoms with Crippen LogP contribution >= 0.6 is 0 Å². The predicted molar refractivity (Wildman–Crippen MR) is 73.9 cm³/mol. The van der Waals surface area contributed by atoms with Crippen LogP contribution in [0.3, 0.4) is 0 Å². The minimum absolute atomic E-state index is 0.135. The fourth-order valence-electron chi connectivity index (χ4n) is 2.04. The molecule has 1 unspecified atom stereocenters. The molecule has 0 aliphatic carbocycles. The summed E-state index contributed by atoms with van der Waals surface area (Å²) in [6.45, 7) is 5.80. The van der Waals surface area contributed by atoms with Crippen molar-refractivity contribution in [1.29, 1.82) is 0 Å². The lowest BCUT2D eigenvalue weighted by atomic mass is 10.0. The van der Waals surface area contributed by atoms with E-state index in [1.165, 1.54) is 0 Å². The molecule has 0 aliphatic rings. The number of phenolic OH excluding ortho intramolecular Hbond substituents is 1. The molecular formula is C14H20N4O. The molecule has 0 fully saturated rings. The second-order valence-corrected chi connectivity index (χ2v) is 4.76. The van der Waals surface area contributed by atoms with E-state index in [0.717, 1.165) is 30.6 Å². The summed E-state index contributed by atoms with van der Waals surface area (Å²) in [5.41, 5.74) is 2.10. The van der Waals surface area contributed by atoms with Crippen molar-refractivity contribution in [3.63, 3.8) is 0 Å². The number of phenols is 1. The predicted octanol–water partition coefficient (Wildman–Crippen LogP) is 2.03. The quantitative estimate of drug-likeness (QED) is 0.780. The summed E-state index contributed by atoms with van der Waals surface area (Å²) in [6.07, 6.45) is 4.51. The molecule has 5 heteroatoms. The van der Waals surface area contributed by atoms with E-state index in [-0.39, 0.29) is 6.04 Å². The number of nitrogens with zero attached hydrogens (tertiary/aromatic N) is 3. The van der Waals surface area contributed by atoms with Crippen molar-refractivity contribution >= 4 is 0 Å². The van der Waals surface area contributed by atoms with E-state index in [9.17, 15) is 5.11 Å². The Hall–Kier alpha value is -1.88. The van der Waals surface area contributed by atoms with Crippen molar-refractivity contribution in [1.82, 2.24) is 20.3 Å².